The standard InChI is InChI=1S/C28H27FNO7P/c1-17(2)27-21(11-12-38(34,35-3)15-20(31)13-26(32)33)23(18-7-9-19(29)10-8-18)14-24(30-27)22-5-4-6-25-28(22)37-16-36-25/h4-10,14,17,20,31H,13,15-16H2,1-3H3,(H,32,33). The molecule has 1 aliphatic rings. The first kappa shape index (κ1) is 27.3. The number of hydrogen-bond acceptors (Lipinski definition) is 7. The van der Waals surface area contributed by atoms with E-state index in [0.29, 0.717) is 45.1 Å². The first-order valence-electron chi connectivity index (χ1n) is 11.9. The summed E-state index contributed by atoms with van der Waals surface area (Å²) in [6, 6.07) is 13.2. The number of fused-ring (bicyclic) bond motifs is 1. The van der Waals surface area contributed by atoms with E-state index in [0.717, 1.165) is 0 Å². The number of carboxylic acids is 1. The topological polar surface area (TPSA) is 115 Å². The molecule has 3 aromatic rings. The highest BCUT2D eigenvalue weighted by molar-refractivity contribution is 7.64. The van der Waals surface area contributed by atoms with Crippen molar-refractivity contribution in [3.05, 3.63) is 65.6 Å². The van der Waals surface area contributed by atoms with E-state index in [1.807, 2.05) is 26.0 Å². The lowest BCUT2D eigenvalue weighted by Gasteiger charge is -2.17. The average molecular weight is 539 g/mol. The maximum Gasteiger partial charge on any atom is 0.305 e. The number of hydrogen-bond donors (Lipinski definition) is 2. The fourth-order valence-corrected chi connectivity index (χ4v) is 5.39. The molecule has 0 aliphatic carbocycles. The molecule has 0 radical (unpaired) electrons. The van der Waals surface area contributed by atoms with Crippen molar-refractivity contribution in [1.29, 1.82) is 0 Å². The molecule has 0 amide bonds. The van der Waals surface area contributed by atoms with Gasteiger partial charge in [0, 0.05) is 18.2 Å². The number of carbonyl (C=O) groups is 1. The molecule has 38 heavy (non-hydrogen) atoms. The Labute approximate surface area is 219 Å². The molecule has 0 bridgehead atoms. The van der Waals surface area contributed by atoms with E-state index in [1.54, 1.807) is 24.3 Å². The fraction of sp³-hybridized carbons (Fsp3) is 0.286. The van der Waals surface area contributed by atoms with Crippen LogP contribution in [0.3, 0.4) is 0 Å². The predicted octanol–water partition coefficient (Wildman–Crippen LogP) is 5.48. The first-order chi connectivity index (χ1) is 18.1. The zero-order valence-corrected chi connectivity index (χ0v) is 22.0. The van der Waals surface area contributed by atoms with Crippen molar-refractivity contribution in [2.45, 2.75) is 32.3 Å². The van der Waals surface area contributed by atoms with Crippen molar-refractivity contribution in [2.75, 3.05) is 20.1 Å². The number of rotatable bonds is 8. The number of pyridine rings is 1. The molecule has 10 heteroatoms. The Morgan fingerprint density at radius 2 is 1.92 bits per heavy atom. The molecule has 1 aliphatic heterocycles. The van der Waals surface area contributed by atoms with E-state index >= 15 is 0 Å². The summed E-state index contributed by atoms with van der Waals surface area (Å²) in [4.78, 5) is 15.8. The summed E-state index contributed by atoms with van der Waals surface area (Å²) in [5, 5.41) is 19.0. The van der Waals surface area contributed by atoms with Gasteiger partial charge in [-0.15, -0.1) is 0 Å². The van der Waals surface area contributed by atoms with E-state index in [1.165, 1.54) is 19.2 Å². The Kier molecular flexibility index (Phi) is 8.17. The highest BCUT2D eigenvalue weighted by atomic mass is 31.2. The summed E-state index contributed by atoms with van der Waals surface area (Å²) >= 11 is 0. The smallest absolute Gasteiger partial charge is 0.305 e. The van der Waals surface area contributed by atoms with Crippen LogP contribution in [0.4, 0.5) is 4.39 Å². The summed E-state index contributed by atoms with van der Waals surface area (Å²) in [5.74, 6) is 2.37. The second kappa shape index (κ2) is 11.4. The van der Waals surface area contributed by atoms with Crippen LogP contribution in [0.25, 0.3) is 22.4 Å². The molecular formula is C28H27FNO7P. The number of halogens is 1. The van der Waals surface area contributed by atoms with Crippen molar-refractivity contribution in [2.24, 2.45) is 0 Å². The number of aliphatic hydroxyl groups is 1. The van der Waals surface area contributed by atoms with Crippen LogP contribution in [0.5, 0.6) is 11.5 Å². The second-order valence-corrected chi connectivity index (χ2v) is 11.3. The third kappa shape index (κ3) is 6.05. The molecule has 2 heterocycles. The lowest BCUT2D eigenvalue weighted by Crippen LogP contribution is -2.17. The van der Waals surface area contributed by atoms with Crippen LogP contribution >= 0.6 is 7.37 Å². The quantitative estimate of drug-likeness (QED) is 0.286. The van der Waals surface area contributed by atoms with Gasteiger partial charge in [-0.25, -0.2) is 4.39 Å². The van der Waals surface area contributed by atoms with Gasteiger partial charge >= 0.3 is 5.97 Å². The molecule has 0 spiro atoms. The van der Waals surface area contributed by atoms with Gasteiger partial charge in [0.1, 0.15) is 5.82 Å². The molecule has 0 saturated heterocycles. The lowest BCUT2D eigenvalue weighted by molar-refractivity contribution is -0.138. The zero-order chi connectivity index (χ0) is 27.4. The van der Waals surface area contributed by atoms with Gasteiger partial charge in [-0.05, 0) is 47.5 Å². The number of ether oxygens (including phenoxy) is 2. The Balaban J connectivity index is 1.90. The summed E-state index contributed by atoms with van der Waals surface area (Å²) in [6.07, 6.45) is -2.42. The van der Waals surface area contributed by atoms with E-state index < -0.39 is 37.8 Å². The molecule has 2 N–H and O–H groups in total. The third-order valence-corrected chi connectivity index (χ3v) is 7.87. The number of benzene rings is 2. The first-order valence-corrected chi connectivity index (χ1v) is 13.7. The van der Waals surface area contributed by atoms with Crippen LogP contribution in [-0.2, 0) is 13.9 Å². The lowest BCUT2D eigenvalue weighted by atomic mass is 9.92. The Hall–Kier alpha value is -3.70. The Morgan fingerprint density at radius 1 is 1.18 bits per heavy atom. The van der Waals surface area contributed by atoms with Crippen LogP contribution in [0.15, 0.2) is 48.5 Å². The van der Waals surface area contributed by atoms with Gasteiger partial charge in [-0.2, -0.15) is 0 Å². The summed E-state index contributed by atoms with van der Waals surface area (Å²) in [5.41, 5.74) is 6.30. The molecule has 2 aromatic carbocycles. The zero-order valence-electron chi connectivity index (χ0n) is 21.1. The molecule has 8 nitrogen and oxygen atoms in total. The maximum absolute atomic E-state index is 13.8. The van der Waals surface area contributed by atoms with Crippen molar-refractivity contribution in [1.82, 2.24) is 4.98 Å². The van der Waals surface area contributed by atoms with Crippen LogP contribution in [0.1, 0.15) is 37.4 Å². The number of para-hydroxylation sites is 1. The Bertz CT molecular complexity index is 1460. The predicted molar refractivity (Wildman–Crippen MR) is 140 cm³/mol. The largest absolute Gasteiger partial charge is 0.481 e. The van der Waals surface area contributed by atoms with Gasteiger partial charge in [0.15, 0.2) is 11.5 Å². The molecule has 4 rings (SSSR count). The molecule has 198 valence electrons. The molecule has 0 saturated carbocycles. The van der Waals surface area contributed by atoms with E-state index in [9.17, 15) is 18.9 Å². The van der Waals surface area contributed by atoms with E-state index in [-0.39, 0.29) is 12.7 Å². The van der Waals surface area contributed by atoms with Gasteiger partial charge in [0.05, 0.1) is 35.6 Å². The van der Waals surface area contributed by atoms with Crippen LogP contribution in [0, 0.1) is 17.4 Å². The second-order valence-electron chi connectivity index (χ2n) is 9.04. The van der Waals surface area contributed by atoms with Crippen molar-refractivity contribution in [3.63, 3.8) is 0 Å². The number of carboxylic acid groups (broad SMARTS) is 1. The number of aromatic nitrogens is 1. The summed E-state index contributed by atoms with van der Waals surface area (Å²) < 4.78 is 43.4. The normalized spacial score (nSPS) is 14.5. The molecular weight excluding hydrogens is 512 g/mol. The minimum absolute atomic E-state index is 0.0950. The monoisotopic (exact) mass is 539 g/mol. The van der Waals surface area contributed by atoms with Gasteiger partial charge in [-0.3, -0.25) is 14.3 Å². The molecule has 1 aromatic heterocycles. The van der Waals surface area contributed by atoms with E-state index in [2.05, 4.69) is 11.6 Å². The highest BCUT2D eigenvalue weighted by Gasteiger charge is 2.26. The summed E-state index contributed by atoms with van der Waals surface area (Å²) in [7, 11) is -2.53. The number of aliphatic hydroxyl groups excluding tert-OH is 1. The van der Waals surface area contributed by atoms with Crippen molar-refractivity contribution < 1.29 is 38.0 Å². The van der Waals surface area contributed by atoms with Gasteiger partial charge in [-0.1, -0.05) is 38.0 Å². The maximum atomic E-state index is 13.8. The van der Waals surface area contributed by atoms with Crippen molar-refractivity contribution in [3.8, 4) is 45.5 Å². The molecule has 0 fully saturated rings. The highest BCUT2D eigenvalue weighted by Crippen LogP contribution is 2.47. The minimum atomic E-state index is -3.73. The van der Waals surface area contributed by atoms with Crippen LogP contribution in [0.2, 0.25) is 0 Å². The summed E-state index contributed by atoms with van der Waals surface area (Å²) in [6.45, 7) is 3.97. The van der Waals surface area contributed by atoms with Crippen LogP contribution < -0.4 is 9.47 Å². The third-order valence-electron chi connectivity index (χ3n) is 5.93. The minimum Gasteiger partial charge on any atom is -0.481 e. The van der Waals surface area contributed by atoms with Crippen LogP contribution in [-0.4, -0.2) is 47.3 Å². The fourth-order valence-electron chi connectivity index (χ4n) is 4.09. The molecule has 2 unspecified atom stereocenters. The number of nitrogens with zero attached hydrogens (tertiary/aromatic N) is 1. The molecule has 2 atom stereocenters. The average Bonchev–Trinajstić information content (AvgIpc) is 3.36. The van der Waals surface area contributed by atoms with Crippen molar-refractivity contribution >= 4 is 13.3 Å². The van der Waals surface area contributed by atoms with Gasteiger partial charge in [0.2, 0.25) is 6.79 Å². The SMILES string of the molecule is COP(=O)(C#Cc1c(-c2ccc(F)cc2)cc(-c2cccc3c2OCO3)nc1C(C)C)CC(O)CC(=O)O. The van der Waals surface area contributed by atoms with E-state index in [4.69, 9.17) is 24.1 Å². The number of aliphatic carboxylic acids is 1. The Morgan fingerprint density at radius 3 is 2.58 bits per heavy atom. The van der Waals surface area contributed by atoms with Gasteiger partial charge < -0.3 is 24.2 Å². The van der Waals surface area contributed by atoms with Gasteiger partial charge in [0.25, 0.3) is 7.37 Å².